The molecule has 2 aliphatic rings. The van der Waals surface area contributed by atoms with Gasteiger partial charge in [0.15, 0.2) is 0 Å². The average Bonchev–Trinajstić information content (AvgIpc) is 3.19. The predicted octanol–water partition coefficient (Wildman–Crippen LogP) is 3.53. The van der Waals surface area contributed by atoms with Gasteiger partial charge in [0, 0.05) is 49.6 Å². The van der Waals surface area contributed by atoms with Crippen molar-refractivity contribution >= 4 is 5.91 Å². The lowest BCUT2D eigenvalue weighted by Gasteiger charge is -2.30. The highest BCUT2D eigenvalue weighted by Crippen LogP contribution is 2.32. The summed E-state index contributed by atoms with van der Waals surface area (Å²) < 4.78 is 5.38. The lowest BCUT2D eigenvalue weighted by atomic mass is 9.87. The van der Waals surface area contributed by atoms with Crippen LogP contribution in [0.15, 0.2) is 29.2 Å². The zero-order valence-electron chi connectivity index (χ0n) is 14.4. The van der Waals surface area contributed by atoms with Gasteiger partial charge in [-0.1, -0.05) is 24.4 Å². The van der Waals surface area contributed by atoms with E-state index in [-0.39, 0.29) is 5.91 Å². The van der Waals surface area contributed by atoms with Gasteiger partial charge in [-0.3, -0.25) is 14.8 Å². The molecule has 0 bridgehead atoms. The van der Waals surface area contributed by atoms with E-state index in [2.05, 4.69) is 15.1 Å². The number of hydrogen-bond acceptors (Lipinski definition) is 5. The third kappa shape index (κ3) is 3.57. The van der Waals surface area contributed by atoms with Crippen molar-refractivity contribution in [3.05, 3.63) is 41.8 Å². The van der Waals surface area contributed by atoms with E-state index in [1.807, 2.05) is 17.2 Å². The van der Waals surface area contributed by atoms with Gasteiger partial charge >= 0.3 is 0 Å². The molecule has 0 radical (unpaired) electrons. The predicted molar refractivity (Wildman–Crippen MR) is 92.2 cm³/mol. The summed E-state index contributed by atoms with van der Waals surface area (Å²) in [7, 11) is 0. The van der Waals surface area contributed by atoms with Gasteiger partial charge in [0.25, 0.3) is 5.91 Å². The fourth-order valence-corrected chi connectivity index (χ4v) is 4.04. The Kier molecular flexibility index (Phi) is 4.76. The summed E-state index contributed by atoms with van der Waals surface area (Å²) in [5.41, 5.74) is 1.98. The van der Waals surface area contributed by atoms with Gasteiger partial charge < -0.3 is 9.42 Å². The molecule has 6 heteroatoms. The minimum absolute atomic E-state index is 0.0350. The molecule has 0 aromatic carbocycles. The van der Waals surface area contributed by atoms with Crippen LogP contribution in [-0.4, -0.2) is 39.0 Å². The monoisotopic (exact) mass is 340 g/mol. The van der Waals surface area contributed by atoms with Crippen molar-refractivity contribution in [1.82, 2.24) is 20.0 Å². The van der Waals surface area contributed by atoms with Crippen LogP contribution in [0.1, 0.15) is 78.7 Å². The zero-order chi connectivity index (χ0) is 17.1. The maximum atomic E-state index is 12.7. The number of aromatic nitrogens is 3. The maximum Gasteiger partial charge on any atom is 0.292 e. The number of rotatable bonds is 3. The summed E-state index contributed by atoms with van der Waals surface area (Å²) in [6, 6.07) is 1.87. The molecule has 0 N–H and O–H groups in total. The standard InChI is InChI=1S/C19H24N4O2/c24-19(18-12-16(22-25-18)14-4-2-1-3-5-14)23-10-6-15(7-11-23)17-13-20-8-9-21-17/h8-9,12-15H,1-7,10-11H2. The maximum absolute atomic E-state index is 12.7. The zero-order valence-corrected chi connectivity index (χ0v) is 14.4. The molecule has 0 unspecified atom stereocenters. The van der Waals surface area contributed by atoms with Crippen molar-refractivity contribution in [2.75, 3.05) is 13.1 Å². The molecule has 2 fully saturated rings. The first-order chi connectivity index (χ1) is 12.3. The van der Waals surface area contributed by atoms with Gasteiger partial charge in [-0.2, -0.15) is 0 Å². The number of hydrogen-bond donors (Lipinski definition) is 0. The van der Waals surface area contributed by atoms with Crippen molar-refractivity contribution in [1.29, 1.82) is 0 Å². The van der Waals surface area contributed by atoms with E-state index < -0.39 is 0 Å². The molecule has 3 heterocycles. The van der Waals surface area contributed by atoms with Gasteiger partial charge in [-0.25, -0.2) is 0 Å². The molecule has 1 saturated carbocycles. The van der Waals surface area contributed by atoms with Crippen LogP contribution in [0, 0.1) is 0 Å². The highest BCUT2D eigenvalue weighted by Gasteiger charge is 2.28. The van der Waals surface area contributed by atoms with E-state index in [1.165, 1.54) is 19.3 Å². The van der Waals surface area contributed by atoms with E-state index in [0.717, 1.165) is 50.2 Å². The average molecular weight is 340 g/mol. The Labute approximate surface area is 147 Å². The Bertz CT molecular complexity index is 701. The molecule has 1 saturated heterocycles. The van der Waals surface area contributed by atoms with Crippen LogP contribution in [0.3, 0.4) is 0 Å². The second kappa shape index (κ2) is 7.33. The van der Waals surface area contributed by atoms with E-state index in [9.17, 15) is 4.79 Å². The summed E-state index contributed by atoms with van der Waals surface area (Å²) >= 11 is 0. The van der Waals surface area contributed by atoms with Crippen LogP contribution >= 0.6 is 0 Å². The van der Waals surface area contributed by atoms with Gasteiger partial charge in [-0.15, -0.1) is 0 Å². The minimum Gasteiger partial charge on any atom is -0.351 e. The fraction of sp³-hybridized carbons (Fsp3) is 0.579. The van der Waals surface area contributed by atoms with Gasteiger partial charge in [0.2, 0.25) is 5.76 Å². The highest BCUT2D eigenvalue weighted by molar-refractivity contribution is 5.91. The molecule has 1 aliphatic carbocycles. The molecule has 2 aromatic rings. The lowest BCUT2D eigenvalue weighted by Crippen LogP contribution is -2.37. The highest BCUT2D eigenvalue weighted by atomic mass is 16.5. The molecule has 132 valence electrons. The van der Waals surface area contributed by atoms with E-state index in [0.29, 0.717) is 17.6 Å². The lowest BCUT2D eigenvalue weighted by molar-refractivity contribution is 0.0670. The number of amides is 1. The Morgan fingerprint density at radius 1 is 1.00 bits per heavy atom. The van der Waals surface area contributed by atoms with Crippen LogP contribution in [-0.2, 0) is 0 Å². The van der Waals surface area contributed by atoms with Crippen molar-refractivity contribution in [3.63, 3.8) is 0 Å². The van der Waals surface area contributed by atoms with Crippen molar-refractivity contribution in [3.8, 4) is 0 Å². The van der Waals surface area contributed by atoms with Crippen LogP contribution < -0.4 is 0 Å². The topological polar surface area (TPSA) is 72.1 Å². The molecule has 1 aliphatic heterocycles. The summed E-state index contributed by atoms with van der Waals surface area (Å²) in [6.07, 6.45) is 13.2. The third-order valence-electron chi connectivity index (χ3n) is 5.55. The SMILES string of the molecule is O=C(c1cc(C2CCCCC2)no1)N1CCC(c2cnccn2)CC1. The van der Waals surface area contributed by atoms with Crippen LogP contribution in [0.5, 0.6) is 0 Å². The number of nitrogens with zero attached hydrogens (tertiary/aromatic N) is 4. The molecule has 1 amide bonds. The number of carbonyl (C=O) groups is 1. The first kappa shape index (κ1) is 16.2. The quantitative estimate of drug-likeness (QED) is 0.854. The van der Waals surface area contributed by atoms with E-state index in [4.69, 9.17) is 4.52 Å². The Morgan fingerprint density at radius 3 is 2.48 bits per heavy atom. The first-order valence-electron chi connectivity index (χ1n) is 9.33. The molecule has 6 nitrogen and oxygen atoms in total. The smallest absolute Gasteiger partial charge is 0.292 e. The number of likely N-dealkylation sites (tertiary alicyclic amines) is 1. The molecule has 0 spiro atoms. The largest absolute Gasteiger partial charge is 0.351 e. The number of piperidine rings is 1. The van der Waals surface area contributed by atoms with Crippen molar-refractivity contribution < 1.29 is 9.32 Å². The van der Waals surface area contributed by atoms with Crippen molar-refractivity contribution in [2.24, 2.45) is 0 Å². The van der Waals surface area contributed by atoms with Crippen LogP contribution in [0.2, 0.25) is 0 Å². The summed E-state index contributed by atoms with van der Waals surface area (Å²) in [5.74, 6) is 1.19. The molecule has 4 rings (SSSR count). The molecule has 2 aromatic heterocycles. The summed E-state index contributed by atoms with van der Waals surface area (Å²) in [4.78, 5) is 23.1. The van der Waals surface area contributed by atoms with E-state index >= 15 is 0 Å². The van der Waals surface area contributed by atoms with Gasteiger partial charge in [0.05, 0.1) is 11.4 Å². The molecular weight excluding hydrogens is 316 g/mol. The van der Waals surface area contributed by atoms with Crippen LogP contribution in [0.25, 0.3) is 0 Å². The number of carbonyl (C=O) groups excluding carboxylic acids is 1. The summed E-state index contributed by atoms with van der Waals surface area (Å²) in [6.45, 7) is 1.44. The first-order valence-corrected chi connectivity index (χ1v) is 9.33. The molecule has 0 atom stereocenters. The second-order valence-electron chi connectivity index (χ2n) is 7.15. The second-order valence-corrected chi connectivity index (χ2v) is 7.15. The third-order valence-corrected chi connectivity index (χ3v) is 5.55. The van der Waals surface area contributed by atoms with Crippen molar-refractivity contribution in [2.45, 2.75) is 56.8 Å². The van der Waals surface area contributed by atoms with Gasteiger partial charge in [-0.05, 0) is 25.7 Å². The fourth-order valence-electron chi connectivity index (χ4n) is 4.04. The minimum atomic E-state index is -0.0350. The molecule has 25 heavy (non-hydrogen) atoms. The Morgan fingerprint density at radius 2 is 1.76 bits per heavy atom. The normalized spacial score (nSPS) is 19.9. The van der Waals surface area contributed by atoms with E-state index in [1.54, 1.807) is 12.4 Å². The van der Waals surface area contributed by atoms with Crippen LogP contribution in [0.4, 0.5) is 0 Å². The summed E-state index contributed by atoms with van der Waals surface area (Å²) in [5, 5.41) is 4.18. The Balaban J connectivity index is 1.37. The van der Waals surface area contributed by atoms with Gasteiger partial charge in [0.1, 0.15) is 0 Å². The Hall–Kier alpha value is -2.24. The molecular formula is C19H24N4O2.